The summed E-state index contributed by atoms with van der Waals surface area (Å²) in [6, 6.07) is 14.0. The van der Waals surface area contributed by atoms with E-state index in [1.807, 2.05) is 25.1 Å². The lowest BCUT2D eigenvalue weighted by molar-refractivity contribution is 0.317. The summed E-state index contributed by atoms with van der Waals surface area (Å²) in [4.78, 5) is 9.76. The van der Waals surface area contributed by atoms with Gasteiger partial charge in [-0.15, -0.1) is 6.58 Å². The van der Waals surface area contributed by atoms with Crippen molar-refractivity contribution in [3.8, 4) is 0 Å². The first-order valence-electron chi connectivity index (χ1n) is 19.0. The lowest BCUT2D eigenvalue weighted by atomic mass is 9.88. The number of hydrogen-bond donors (Lipinski definition) is 2. The van der Waals surface area contributed by atoms with E-state index in [0.29, 0.717) is 43.8 Å². The Bertz CT molecular complexity index is 1840. The van der Waals surface area contributed by atoms with E-state index in [1.54, 1.807) is 18.2 Å². The normalized spacial score (nSPS) is 13.4. The van der Waals surface area contributed by atoms with Gasteiger partial charge in [0.25, 0.3) is 0 Å². The molecule has 5 rings (SSSR count). The van der Waals surface area contributed by atoms with Crippen LogP contribution in [-0.2, 0) is 19.6 Å². The van der Waals surface area contributed by atoms with Crippen LogP contribution >= 0.6 is 0 Å². The second-order valence-electron chi connectivity index (χ2n) is 13.7. The number of benzene rings is 2. The van der Waals surface area contributed by atoms with Gasteiger partial charge in [-0.05, 0) is 59.2 Å². The predicted molar refractivity (Wildman–Crippen MR) is 227 cm³/mol. The Kier molecular flexibility index (Phi) is 16.8. The molecule has 2 aliphatic rings. The standard InChI is InChI=1S/C39H46FN5.C4H10.C4H6/c1-8-13-31-29(7)45-24-35-34(23-44(22-30-14-11-10-12-15-30)28(6)16-17-42-27(5)21-41)33-18-26(4)36(40)20-37(33)43-39(35)38(45)19-32(31)25(3)9-2;2*1-3-4-2/h9-12,14-15,18-20,25,42H,2,5-8,13,16-17,21-24,41H2,1,3-4H3;3-4H2,1-2H3;3-4H,1-2H2. The maximum absolute atomic E-state index is 15.0. The number of aryl methyl sites for hydroxylation is 1. The molecule has 0 bridgehead atoms. The third kappa shape index (κ3) is 10.8. The summed E-state index contributed by atoms with van der Waals surface area (Å²) in [6.07, 6.45) is 12.9. The van der Waals surface area contributed by atoms with Crippen molar-refractivity contribution in [3.05, 3.63) is 168 Å². The molecule has 3 N–H and O–H groups in total. The van der Waals surface area contributed by atoms with E-state index in [4.69, 9.17) is 10.7 Å². The van der Waals surface area contributed by atoms with Crippen molar-refractivity contribution in [2.24, 2.45) is 11.7 Å². The Balaban J connectivity index is 0.000000859. The second kappa shape index (κ2) is 20.9. The van der Waals surface area contributed by atoms with Crippen LogP contribution in [0.25, 0.3) is 16.6 Å². The van der Waals surface area contributed by atoms with E-state index in [0.717, 1.165) is 64.3 Å². The molecule has 0 saturated heterocycles. The molecule has 3 aromatic rings. The zero-order valence-corrected chi connectivity index (χ0v) is 33.0. The molecular weight excluding hydrogens is 654 g/mol. The fraction of sp³-hybridized carbons (Fsp3) is 0.340. The van der Waals surface area contributed by atoms with Crippen LogP contribution in [0, 0.1) is 18.7 Å². The van der Waals surface area contributed by atoms with E-state index in [9.17, 15) is 0 Å². The number of nitrogens with one attached hydrogen (secondary N) is 1. The van der Waals surface area contributed by atoms with Gasteiger partial charge in [-0.2, -0.15) is 0 Å². The number of pyridine rings is 1. The summed E-state index contributed by atoms with van der Waals surface area (Å²) in [5.41, 5.74) is 17.8. The van der Waals surface area contributed by atoms with E-state index in [2.05, 4.69) is 113 Å². The minimum atomic E-state index is -0.249. The van der Waals surface area contributed by atoms with Crippen LogP contribution in [0.3, 0.4) is 0 Å². The van der Waals surface area contributed by atoms with Gasteiger partial charge in [-0.1, -0.05) is 128 Å². The van der Waals surface area contributed by atoms with Crippen molar-refractivity contribution in [1.29, 1.82) is 0 Å². The first-order chi connectivity index (χ1) is 25.5. The lowest BCUT2D eigenvalue weighted by Gasteiger charge is -2.32. The van der Waals surface area contributed by atoms with Gasteiger partial charge in [0.05, 0.1) is 23.5 Å². The fourth-order valence-corrected chi connectivity index (χ4v) is 6.34. The van der Waals surface area contributed by atoms with Gasteiger partial charge in [-0.3, -0.25) is 0 Å². The van der Waals surface area contributed by atoms with Crippen LogP contribution < -0.4 is 11.1 Å². The molecule has 2 aliphatic heterocycles. The monoisotopic (exact) mass is 715 g/mol. The molecular formula is C47H62FN5. The van der Waals surface area contributed by atoms with E-state index in [1.165, 1.54) is 29.6 Å². The summed E-state index contributed by atoms with van der Waals surface area (Å²) >= 11 is 0. The van der Waals surface area contributed by atoms with Crippen molar-refractivity contribution in [3.63, 3.8) is 0 Å². The van der Waals surface area contributed by atoms with Gasteiger partial charge in [0.15, 0.2) is 0 Å². The molecule has 0 fully saturated rings. The fourth-order valence-electron chi connectivity index (χ4n) is 6.34. The average Bonchev–Trinajstić information content (AvgIpc) is 3.54. The molecule has 5 nitrogen and oxygen atoms in total. The highest BCUT2D eigenvalue weighted by molar-refractivity contribution is 5.89. The highest BCUT2D eigenvalue weighted by Gasteiger charge is 2.36. The van der Waals surface area contributed by atoms with E-state index in [-0.39, 0.29) is 11.7 Å². The molecule has 282 valence electrons. The number of fused-ring (bicyclic) bond motifs is 4. The van der Waals surface area contributed by atoms with E-state index >= 15 is 4.39 Å². The Morgan fingerprint density at radius 2 is 1.72 bits per heavy atom. The van der Waals surface area contributed by atoms with Gasteiger partial charge >= 0.3 is 0 Å². The number of hydrogen-bond acceptors (Lipinski definition) is 5. The molecule has 2 aromatic carbocycles. The summed E-state index contributed by atoms with van der Waals surface area (Å²) in [5, 5.41) is 4.28. The lowest BCUT2D eigenvalue weighted by Crippen LogP contribution is -2.26. The quantitative estimate of drug-likeness (QED) is 0.114. The van der Waals surface area contributed by atoms with Crippen LogP contribution in [0.4, 0.5) is 4.39 Å². The maximum atomic E-state index is 15.0. The number of rotatable bonds is 16. The highest BCUT2D eigenvalue weighted by Crippen LogP contribution is 2.46. The van der Waals surface area contributed by atoms with Gasteiger partial charge < -0.3 is 20.9 Å². The number of aromatic nitrogens is 1. The molecule has 0 aliphatic carbocycles. The Labute approximate surface area is 319 Å². The molecule has 1 atom stereocenters. The molecule has 1 aromatic heterocycles. The number of halogens is 1. The van der Waals surface area contributed by atoms with E-state index < -0.39 is 0 Å². The van der Waals surface area contributed by atoms with Crippen LogP contribution in [0.2, 0.25) is 0 Å². The molecule has 53 heavy (non-hydrogen) atoms. The average molecular weight is 716 g/mol. The van der Waals surface area contributed by atoms with Crippen molar-refractivity contribution < 1.29 is 4.39 Å². The third-order valence-corrected chi connectivity index (χ3v) is 9.71. The van der Waals surface area contributed by atoms with Crippen LogP contribution in [0.15, 0.2) is 134 Å². The molecule has 0 radical (unpaired) electrons. The van der Waals surface area contributed by atoms with Gasteiger partial charge in [-0.25, -0.2) is 9.37 Å². The summed E-state index contributed by atoms with van der Waals surface area (Å²) in [7, 11) is 0. The summed E-state index contributed by atoms with van der Waals surface area (Å²) in [5.74, 6) is -0.0729. The summed E-state index contributed by atoms with van der Waals surface area (Å²) < 4.78 is 15.0. The number of nitrogens with two attached hydrogens (primary N) is 1. The number of allylic oxidation sites excluding steroid dienone is 6. The van der Waals surface area contributed by atoms with Crippen LogP contribution in [-0.4, -0.2) is 27.9 Å². The predicted octanol–water partition coefficient (Wildman–Crippen LogP) is 11.4. The van der Waals surface area contributed by atoms with Crippen LogP contribution in [0.1, 0.15) is 87.7 Å². The molecule has 0 amide bonds. The largest absolute Gasteiger partial charge is 0.387 e. The van der Waals surface area contributed by atoms with Gasteiger partial charge in [0, 0.05) is 66.7 Å². The highest BCUT2D eigenvalue weighted by atomic mass is 19.1. The van der Waals surface area contributed by atoms with Crippen molar-refractivity contribution >= 4 is 16.6 Å². The molecule has 0 saturated carbocycles. The molecule has 3 heterocycles. The maximum Gasteiger partial charge on any atom is 0.128 e. The topological polar surface area (TPSA) is 57.4 Å². The Morgan fingerprint density at radius 3 is 2.30 bits per heavy atom. The summed E-state index contributed by atoms with van der Waals surface area (Å²) in [6.45, 7) is 37.5. The SMILES string of the molecule is C=CC(C)C1=C(CCC)C(=C)N2Cc3c(nc4cc(F)c(C)cc4c3CN(Cc3ccccc3)C(=C)CCNC(=C)CN)C2=C1.C=CC=C.CCCC. The minimum absolute atomic E-state index is 0.177. The molecule has 6 heteroatoms. The zero-order valence-electron chi connectivity index (χ0n) is 33.0. The smallest absolute Gasteiger partial charge is 0.128 e. The third-order valence-electron chi connectivity index (χ3n) is 9.71. The zero-order chi connectivity index (χ0) is 39.1. The van der Waals surface area contributed by atoms with Crippen molar-refractivity contribution in [2.75, 3.05) is 13.1 Å². The van der Waals surface area contributed by atoms with Crippen LogP contribution in [0.5, 0.6) is 0 Å². The first kappa shape index (κ1) is 42.5. The second-order valence-corrected chi connectivity index (χ2v) is 13.7. The Hall–Kier alpha value is -4.94. The number of unbranched alkanes of at least 4 members (excludes halogenated alkanes) is 1. The van der Waals surface area contributed by atoms with Crippen molar-refractivity contribution in [1.82, 2.24) is 20.1 Å². The first-order valence-corrected chi connectivity index (χ1v) is 19.0. The minimum Gasteiger partial charge on any atom is -0.387 e. The van der Waals surface area contributed by atoms with Gasteiger partial charge in [0.1, 0.15) is 5.82 Å². The molecule has 0 spiro atoms. The Morgan fingerprint density at radius 1 is 1.04 bits per heavy atom. The van der Waals surface area contributed by atoms with Crippen molar-refractivity contribution in [2.45, 2.75) is 86.4 Å². The molecule has 1 unspecified atom stereocenters. The van der Waals surface area contributed by atoms with Gasteiger partial charge in [0.2, 0.25) is 0 Å². The number of nitrogens with zero attached hydrogens (tertiary/aromatic N) is 3.